The fourth-order valence-electron chi connectivity index (χ4n) is 1.70. The molecule has 0 atom stereocenters. The Hall–Kier alpha value is -2.20. The molecule has 0 aliphatic rings. The molecule has 0 aliphatic carbocycles. The molecule has 0 fully saturated rings. The van der Waals surface area contributed by atoms with E-state index in [1.807, 2.05) is 0 Å². The average molecular weight is 334 g/mol. The van der Waals surface area contributed by atoms with E-state index in [0.29, 0.717) is 10.3 Å². The van der Waals surface area contributed by atoms with Crippen molar-refractivity contribution in [2.24, 2.45) is 0 Å². The number of hydrogen-bond acceptors (Lipinski definition) is 8. The zero-order chi connectivity index (χ0) is 15.4. The predicted octanol–water partition coefficient (Wildman–Crippen LogP) is 0.882. The molecule has 8 nitrogen and oxygen atoms in total. The fourth-order valence-corrected chi connectivity index (χ4v) is 3.28. The van der Waals surface area contributed by atoms with Crippen LogP contribution in [0.3, 0.4) is 0 Å². The number of thioether (sulfide) groups is 2. The van der Waals surface area contributed by atoms with Gasteiger partial charge in [-0.25, -0.2) is 9.35 Å². The molecule has 2 heterocycles. The summed E-state index contributed by atoms with van der Waals surface area (Å²) in [6.07, 6.45) is 2.97. The molecule has 3 rings (SSSR count). The van der Waals surface area contributed by atoms with Gasteiger partial charge in [0.2, 0.25) is 10.3 Å². The van der Waals surface area contributed by atoms with E-state index in [0.717, 1.165) is 11.5 Å². The van der Waals surface area contributed by atoms with Crippen molar-refractivity contribution in [1.82, 2.24) is 29.7 Å². The van der Waals surface area contributed by atoms with Crippen molar-refractivity contribution >= 4 is 23.5 Å². The molecule has 0 spiro atoms. The van der Waals surface area contributed by atoms with Gasteiger partial charge in [-0.1, -0.05) is 47.8 Å². The van der Waals surface area contributed by atoms with Crippen LogP contribution in [-0.2, 0) is 11.5 Å². The van der Waals surface area contributed by atoms with Crippen LogP contribution < -0.4 is 11.7 Å². The molecule has 0 saturated carbocycles. The second kappa shape index (κ2) is 6.71. The van der Waals surface area contributed by atoms with Crippen LogP contribution in [0.4, 0.5) is 0 Å². The molecule has 10 heteroatoms. The monoisotopic (exact) mass is 334 g/mol. The van der Waals surface area contributed by atoms with Crippen molar-refractivity contribution in [3.05, 3.63) is 48.0 Å². The van der Waals surface area contributed by atoms with Gasteiger partial charge in [-0.15, -0.1) is 20.4 Å². The first kappa shape index (κ1) is 14.7. The Morgan fingerprint density at radius 1 is 0.773 bits per heavy atom. The van der Waals surface area contributed by atoms with Crippen molar-refractivity contribution in [3.8, 4) is 0 Å². The zero-order valence-electron chi connectivity index (χ0n) is 11.5. The Morgan fingerprint density at radius 2 is 1.18 bits per heavy atom. The molecule has 3 aromatic rings. The summed E-state index contributed by atoms with van der Waals surface area (Å²) in [4.78, 5) is 0. The Balaban J connectivity index is 1.54. The summed E-state index contributed by atoms with van der Waals surface area (Å²) in [5.41, 5.74) is 2.40. The highest BCUT2D eigenvalue weighted by Gasteiger charge is 2.05. The molecular formula is C12H14N8S2. The van der Waals surface area contributed by atoms with Gasteiger partial charge in [0.05, 0.1) is 0 Å². The summed E-state index contributed by atoms with van der Waals surface area (Å²) in [5, 5.41) is 16.8. The molecule has 1 aromatic carbocycles. The van der Waals surface area contributed by atoms with Crippen molar-refractivity contribution in [2.75, 3.05) is 11.7 Å². The van der Waals surface area contributed by atoms with Gasteiger partial charge in [0.1, 0.15) is 12.7 Å². The quantitative estimate of drug-likeness (QED) is 0.504. The van der Waals surface area contributed by atoms with Crippen LogP contribution in [0, 0.1) is 0 Å². The first-order valence-corrected chi connectivity index (χ1v) is 8.33. The lowest BCUT2D eigenvalue weighted by Crippen LogP contribution is -2.07. The minimum atomic E-state index is 0.696. The Bertz CT molecular complexity index is 672. The van der Waals surface area contributed by atoms with E-state index < -0.39 is 0 Å². The number of nitrogens with two attached hydrogens (primary N) is 2. The van der Waals surface area contributed by atoms with E-state index in [2.05, 4.69) is 44.7 Å². The first-order chi connectivity index (χ1) is 10.7. The van der Waals surface area contributed by atoms with Crippen LogP contribution in [0.2, 0.25) is 0 Å². The highest BCUT2D eigenvalue weighted by molar-refractivity contribution is 7.98. The Labute approximate surface area is 135 Å². The van der Waals surface area contributed by atoms with E-state index >= 15 is 0 Å². The first-order valence-electron chi connectivity index (χ1n) is 6.36. The van der Waals surface area contributed by atoms with Crippen molar-refractivity contribution in [3.63, 3.8) is 0 Å². The maximum absolute atomic E-state index is 5.67. The number of hydrogen-bond donors (Lipinski definition) is 2. The maximum atomic E-state index is 5.67. The van der Waals surface area contributed by atoms with Crippen LogP contribution in [0.1, 0.15) is 11.1 Å². The summed E-state index contributed by atoms with van der Waals surface area (Å²) in [6, 6.07) is 8.36. The molecule has 2 aromatic heterocycles. The third-order valence-corrected chi connectivity index (χ3v) is 4.90. The van der Waals surface area contributed by atoms with Gasteiger partial charge in [0.25, 0.3) is 0 Å². The molecule has 4 N–H and O–H groups in total. The standard InChI is InChI=1S/C12H14N8S2/c13-19-7-15-17-11(19)21-5-9-1-2-10(4-3-9)6-22-12-18-16-8-20(12)14/h1-4,7-8H,5-6,13-14H2. The topological polar surface area (TPSA) is 113 Å². The molecule has 0 bridgehead atoms. The van der Waals surface area contributed by atoms with Crippen LogP contribution in [0.25, 0.3) is 0 Å². The zero-order valence-corrected chi connectivity index (χ0v) is 13.2. The van der Waals surface area contributed by atoms with Gasteiger partial charge >= 0.3 is 0 Å². The molecule has 114 valence electrons. The third-order valence-electron chi connectivity index (χ3n) is 2.84. The summed E-state index contributed by atoms with van der Waals surface area (Å²) in [6.45, 7) is 0. The van der Waals surface area contributed by atoms with Crippen molar-refractivity contribution in [1.29, 1.82) is 0 Å². The van der Waals surface area contributed by atoms with Gasteiger partial charge in [-0.2, -0.15) is 0 Å². The minimum absolute atomic E-state index is 0.696. The predicted molar refractivity (Wildman–Crippen MR) is 85.9 cm³/mol. The van der Waals surface area contributed by atoms with E-state index in [1.54, 1.807) is 23.5 Å². The highest BCUT2D eigenvalue weighted by Crippen LogP contribution is 2.22. The number of nitrogens with zero attached hydrogens (tertiary/aromatic N) is 6. The lowest BCUT2D eigenvalue weighted by Gasteiger charge is -2.04. The summed E-state index contributed by atoms with van der Waals surface area (Å²) in [7, 11) is 0. The molecule has 0 saturated heterocycles. The normalized spacial score (nSPS) is 10.9. The second-order valence-electron chi connectivity index (χ2n) is 4.44. The van der Waals surface area contributed by atoms with E-state index in [9.17, 15) is 0 Å². The molecule has 22 heavy (non-hydrogen) atoms. The summed E-state index contributed by atoms with van der Waals surface area (Å²) in [5.74, 6) is 12.9. The Morgan fingerprint density at radius 3 is 1.50 bits per heavy atom. The van der Waals surface area contributed by atoms with Gasteiger partial charge < -0.3 is 11.7 Å². The van der Waals surface area contributed by atoms with E-state index in [1.165, 1.54) is 33.1 Å². The van der Waals surface area contributed by atoms with E-state index in [-0.39, 0.29) is 0 Å². The van der Waals surface area contributed by atoms with Gasteiger partial charge in [-0.05, 0) is 11.1 Å². The van der Waals surface area contributed by atoms with Crippen LogP contribution >= 0.6 is 23.5 Å². The SMILES string of the molecule is Nn1cnnc1SCc1ccc(CSc2nncn2N)cc1. The number of benzene rings is 1. The lowest BCUT2D eigenvalue weighted by molar-refractivity contribution is 0.845. The number of nitrogen functional groups attached to an aromatic ring is 2. The van der Waals surface area contributed by atoms with Crippen LogP contribution in [-0.4, -0.2) is 29.7 Å². The number of rotatable bonds is 6. The fraction of sp³-hybridized carbons (Fsp3) is 0.167. The summed E-state index contributed by atoms with van der Waals surface area (Å²) < 4.78 is 2.83. The van der Waals surface area contributed by atoms with E-state index in [4.69, 9.17) is 11.7 Å². The average Bonchev–Trinajstić information content (AvgIpc) is 3.12. The smallest absolute Gasteiger partial charge is 0.209 e. The van der Waals surface area contributed by atoms with Crippen LogP contribution in [0.15, 0.2) is 47.2 Å². The molecule has 0 unspecified atom stereocenters. The Kier molecular flexibility index (Phi) is 4.49. The van der Waals surface area contributed by atoms with Gasteiger partial charge in [0.15, 0.2) is 0 Å². The van der Waals surface area contributed by atoms with Crippen LogP contribution in [0.5, 0.6) is 0 Å². The molecule has 0 amide bonds. The second-order valence-corrected chi connectivity index (χ2v) is 6.32. The minimum Gasteiger partial charge on any atom is -0.336 e. The van der Waals surface area contributed by atoms with Gasteiger partial charge in [-0.3, -0.25) is 0 Å². The maximum Gasteiger partial charge on any atom is 0.209 e. The highest BCUT2D eigenvalue weighted by atomic mass is 32.2. The number of aromatic nitrogens is 6. The van der Waals surface area contributed by atoms with Crippen molar-refractivity contribution in [2.45, 2.75) is 21.8 Å². The molecule has 0 radical (unpaired) electrons. The molecular weight excluding hydrogens is 320 g/mol. The molecule has 0 aliphatic heterocycles. The third kappa shape index (κ3) is 3.52. The largest absolute Gasteiger partial charge is 0.336 e. The van der Waals surface area contributed by atoms with Gasteiger partial charge in [0, 0.05) is 11.5 Å². The summed E-state index contributed by atoms with van der Waals surface area (Å²) >= 11 is 3.09. The van der Waals surface area contributed by atoms with Crippen molar-refractivity contribution < 1.29 is 0 Å². The lowest BCUT2D eigenvalue weighted by atomic mass is 10.2.